The molecule has 0 spiro atoms. The second kappa shape index (κ2) is 4.73. The van der Waals surface area contributed by atoms with E-state index in [1.54, 1.807) is 13.8 Å². The monoisotopic (exact) mass is 295 g/mol. The molecule has 1 heterocycles. The smallest absolute Gasteiger partial charge is 0.339 e. The van der Waals surface area contributed by atoms with Crippen molar-refractivity contribution in [3.05, 3.63) is 41.2 Å². The highest BCUT2D eigenvalue weighted by atomic mass is 32.2. The number of aromatic carboxylic acids is 1. The van der Waals surface area contributed by atoms with Gasteiger partial charge in [-0.2, -0.15) is 5.10 Å². The molecule has 0 aliphatic rings. The van der Waals surface area contributed by atoms with Crippen LogP contribution in [0.5, 0.6) is 0 Å². The minimum Gasteiger partial charge on any atom is -0.478 e. The summed E-state index contributed by atoms with van der Waals surface area (Å²) in [6, 6.07) is 5.73. The van der Waals surface area contributed by atoms with Gasteiger partial charge in [0.05, 0.1) is 22.0 Å². The molecule has 1 aromatic carbocycles. The van der Waals surface area contributed by atoms with E-state index in [0.29, 0.717) is 17.1 Å². The fourth-order valence-corrected chi connectivity index (χ4v) is 2.50. The number of aromatic nitrogens is 2. The lowest BCUT2D eigenvalue weighted by molar-refractivity contribution is 0.0695. The maximum Gasteiger partial charge on any atom is 0.339 e. The van der Waals surface area contributed by atoms with Gasteiger partial charge in [-0.1, -0.05) is 0 Å². The van der Waals surface area contributed by atoms with Crippen molar-refractivity contribution >= 4 is 16.0 Å². The average molecular weight is 295 g/mol. The number of hydrogen-bond acceptors (Lipinski definition) is 4. The van der Waals surface area contributed by atoms with Crippen LogP contribution in [0.25, 0.3) is 5.69 Å². The summed E-state index contributed by atoms with van der Waals surface area (Å²) in [5.74, 6) is -1.05. The molecule has 20 heavy (non-hydrogen) atoms. The van der Waals surface area contributed by atoms with E-state index in [4.69, 9.17) is 10.2 Å². The molecular formula is C12H13N3O4S. The number of carboxylic acid groups (broad SMARTS) is 1. The van der Waals surface area contributed by atoms with Gasteiger partial charge in [0.2, 0.25) is 10.0 Å². The highest BCUT2D eigenvalue weighted by molar-refractivity contribution is 7.89. The van der Waals surface area contributed by atoms with Gasteiger partial charge >= 0.3 is 5.97 Å². The largest absolute Gasteiger partial charge is 0.478 e. The van der Waals surface area contributed by atoms with Gasteiger partial charge in [-0.25, -0.2) is 23.0 Å². The van der Waals surface area contributed by atoms with E-state index >= 15 is 0 Å². The third-order valence-corrected chi connectivity index (χ3v) is 3.84. The fraction of sp³-hybridized carbons (Fsp3) is 0.167. The van der Waals surface area contributed by atoms with Crippen molar-refractivity contribution in [3.63, 3.8) is 0 Å². The zero-order valence-corrected chi connectivity index (χ0v) is 11.7. The third-order valence-electron chi connectivity index (χ3n) is 2.92. The number of carboxylic acids is 1. The highest BCUT2D eigenvalue weighted by Crippen LogP contribution is 2.19. The summed E-state index contributed by atoms with van der Waals surface area (Å²) in [5.41, 5.74) is 1.56. The Morgan fingerprint density at radius 3 is 2.20 bits per heavy atom. The van der Waals surface area contributed by atoms with Crippen molar-refractivity contribution in [2.75, 3.05) is 0 Å². The maximum absolute atomic E-state index is 11.2. The molecule has 0 amide bonds. The summed E-state index contributed by atoms with van der Waals surface area (Å²) in [7, 11) is -3.75. The molecule has 2 rings (SSSR count). The molecule has 1 aromatic heterocycles. The Balaban J connectivity index is 2.53. The summed E-state index contributed by atoms with van der Waals surface area (Å²) in [6.45, 7) is 3.24. The van der Waals surface area contributed by atoms with E-state index < -0.39 is 16.0 Å². The Kier molecular flexibility index (Phi) is 3.36. The number of primary sulfonamides is 1. The summed E-state index contributed by atoms with van der Waals surface area (Å²) >= 11 is 0. The van der Waals surface area contributed by atoms with Crippen LogP contribution in [0.2, 0.25) is 0 Å². The predicted octanol–water partition coefficient (Wildman–Crippen LogP) is 0.835. The van der Waals surface area contributed by atoms with Gasteiger partial charge in [0, 0.05) is 0 Å². The van der Waals surface area contributed by atoms with Crippen molar-refractivity contribution in [2.45, 2.75) is 18.7 Å². The van der Waals surface area contributed by atoms with Gasteiger partial charge in [0.25, 0.3) is 0 Å². The van der Waals surface area contributed by atoms with Gasteiger partial charge in [0.15, 0.2) is 0 Å². The first-order valence-electron chi connectivity index (χ1n) is 5.64. The van der Waals surface area contributed by atoms with E-state index in [1.807, 2.05) is 0 Å². The Bertz CT molecular complexity index is 776. The van der Waals surface area contributed by atoms with Crippen LogP contribution in [0.4, 0.5) is 0 Å². The fourth-order valence-electron chi connectivity index (χ4n) is 1.98. The Morgan fingerprint density at radius 2 is 1.80 bits per heavy atom. The number of nitrogens with zero attached hydrogens (tertiary/aromatic N) is 2. The van der Waals surface area contributed by atoms with Crippen LogP contribution in [0.1, 0.15) is 21.7 Å². The molecule has 106 valence electrons. The van der Waals surface area contributed by atoms with Gasteiger partial charge < -0.3 is 5.11 Å². The van der Waals surface area contributed by atoms with Gasteiger partial charge in [0.1, 0.15) is 5.56 Å². The first-order valence-corrected chi connectivity index (χ1v) is 7.19. The molecule has 0 aliphatic carbocycles. The second-order valence-electron chi connectivity index (χ2n) is 4.30. The molecule has 7 nitrogen and oxygen atoms in total. The summed E-state index contributed by atoms with van der Waals surface area (Å²) in [4.78, 5) is 11.1. The van der Waals surface area contributed by atoms with E-state index in [0.717, 1.165) is 0 Å². The van der Waals surface area contributed by atoms with Crippen LogP contribution in [0, 0.1) is 13.8 Å². The zero-order valence-electron chi connectivity index (χ0n) is 10.9. The van der Waals surface area contributed by atoms with Crippen molar-refractivity contribution < 1.29 is 18.3 Å². The molecule has 0 radical (unpaired) electrons. The van der Waals surface area contributed by atoms with Gasteiger partial charge in [-0.15, -0.1) is 0 Å². The van der Waals surface area contributed by atoms with Gasteiger partial charge in [-0.05, 0) is 38.1 Å². The first-order chi connectivity index (χ1) is 9.21. The molecular weight excluding hydrogens is 282 g/mol. The lowest BCUT2D eigenvalue weighted by Gasteiger charge is -2.05. The molecule has 0 aliphatic heterocycles. The molecule has 0 fully saturated rings. The Hall–Kier alpha value is -2.19. The van der Waals surface area contributed by atoms with Crippen LogP contribution in [0.3, 0.4) is 0 Å². The maximum atomic E-state index is 11.2. The van der Waals surface area contributed by atoms with Crippen molar-refractivity contribution in [1.29, 1.82) is 0 Å². The number of sulfonamides is 1. The minimum absolute atomic E-state index is 0.0127. The molecule has 0 saturated heterocycles. The van der Waals surface area contributed by atoms with Crippen LogP contribution in [-0.2, 0) is 10.0 Å². The quantitative estimate of drug-likeness (QED) is 0.870. The lowest BCUT2D eigenvalue weighted by atomic mass is 10.2. The van der Waals surface area contributed by atoms with E-state index in [-0.39, 0.29) is 10.5 Å². The normalized spacial score (nSPS) is 11.6. The van der Waals surface area contributed by atoms with E-state index in [1.165, 1.54) is 28.9 Å². The van der Waals surface area contributed by atoms with Crippen LogP contribution >= 0.6 is 0 Å². The Morgan fingerprint density at radius 1 is 1.25 bits per heavy atom. The number of aryl methyl sites for hydroxylation is 1. The molecule has 8 heteroatoms. The Labute approximate surface area is 115 Å². The number of benzene rings is 1. The molecule has 0 bridgehead atoms. The van der Waals surface area contributed by atoms with Crippen LogP contribution < -0.4 is 5.14 Å². The van der Waals surface area contributed by atoms with Crippen LogP contribution in [-0.4, -0.2) is 29.3 Å². The molecule has 3 N–H and O–H groups in total. The standard InChI is InChI=1S/C12H13N3O4S/c1-7-11(12(16)17)8(2)15(14-7)9-3-5-10(6-4-9)20(13,18)19/h3-6H,1-2H3,(H,16,17)(H2,13,18,19). The summed E-state index contributed by atoms with van der Waals surface area (Å²) < 4.78 is 23.8. The van der Waals surface area contributed by atoms with Crippen molar-refractivity contribution in [3.8, 4) is 5.69 Å². The lowest BCUT2D eigenvalue weighted by Crippen LogP contribution is -2.12. The second-order valence-corrected chi connectivity index (χ2v) is 5.86. The minimum atomic E-state index is -3.75. The molecule has 0 unspecified atom stereocenters. The SMILES string of the molecule is Cc1nn(-c2ccc(S(N)(=O)=O)cc2)c(C)c1C(=O)O. The van der Waals surface area contributed by atoms with E-state index in [2.05, 4.69) is 5.10 Å². The molecule has 2 aromatic rings. The van der Waals surface area contributed by atoms with Crippen molar-refractivity contribution in [2.24, 2.45) is 5.14 Å². The number of rotatable bonds is 3. The van der Waals surface area contributed by atoms with Gasteiger partial charge in [-0.3, -0.25) is 0 Å². The van der Waals surface area contributed by atoms with Crippen molar-refractivity contribution in [1.82, 2.24) is 9.78 Å². The predicted molar refractivity (Wildman–Crippen MR) is 71.4 cm³/mol. The zero-order chi connectivity index (χ0) is 15.1. The average Bonchev–Trinajstić information content (AvgIpc) is 2.64. The number of hydrogen-bond donors (Lipinski definition) is 2. The van der Waals surface area contributed by atoms with Crippen LogP contribution in [0.15, 0.2) is 29.2 Å². The van der Waals surface area contributed by atoms with E-state index in [9.17, 15) is 13.2 Å². The third kappa shape index (κ3) is 2.43. The summed E-state index contributed by atoms with van der Waals surface area (Å²) in [5, 5.41) is 18.3. The molecule has 0 saturated carbocycles. The number of carbonyl (C=O) groups is 1. The summed E-state index contributed by atoms with van der Waals surface area (Å²) in [6.07, 6.45) is 0. The highest BCUT2D eigenvalue weighted by Gasteiger charge is 2.18. The first kappa shape index (κ1) is 14.2. The number of nitrogens with two attached hydrogens (primary N) is 1. The topological polar surface area (TPSA) is 115 Å². The molecule has 0 atom stereocenters.